The van der Waals surface area contributed by atoms with Gasteiger partial charge in [0, 0.05) is 29.4 Å². The molecule has 1 fully saturated rings. The Kier molecular flexibility index (Phi) is 5.41. The number of nitrogens with one attached hydrogen (secondary N) is 1. The summed E-state index contributed by atoms with van der Waals surface area (Å²) in [6, 6.07) is 0. The standard InChI is InChI=1S/C11H22N2O2S/c1-16(15)9-5-8-13-10(14)11(12)6-3-2-4-7-11/h2-9,12H2,1H3,(H,13,14). The number of nitrogens with two attached hydrogens (primary N) is 1. The van der Waals surface area contributed by atoms with Gasteiger partial charge in [0.1, 0.15) is 0 Å². The van der Waals surface area contributed by atoms with Crippen LogP contribution in [0.25, 0.3) is 0 Å². The zero-order valence-corrected chi connectivity index (χ0v) is 10.8. The number of rotatable bonds is 5. The number of hydrogen-bond acceptors (Lipinski definition) is 3. The molecular weight excluding hydrogens is 224 g/mol. The molecule has 0 aromatic heterocycles. The Labute approximate surface area is 99.8 Å². The molecule has 5 heteroatoms. The fourth-order valence-corrected chi connectivity index (χ4v) is 2.61. The summed E-state index contributed by atoms with van der Waals surface area (Å²) in [4.78, 5) is 11.9. The van der Waals surface area contributed by atoms with E-state index in [0.29, 0.717) is 12.3 Å². The second-order valence-corrected chi connectivity index (χ2v) is 6.16. The monoisotopic (exact) mass is 246 g/mol. The molecule has 1 aliphatic rings. The lowest BCUT2D eigenvalue weighted by Crippen LogP contribution is -2.55. The molecule has 3 N–H and O–H groups in total. The molecule has 1 amide bonds. The van der Waals surface area contributed by atoms with Crippen LogP contribution in [0.15, 0.2) is 0 Å². The minimum atomic E-state index is -0.778. The van der Waals surface area contributed by atoms with Crippen LogP contribution in [0.3, 0.4) is 0 Å². The first kappa shape index (κ1) is 13.6. The van der Waals surface area contributed by atoms with Crippen LogP contribution < -0.4 is 11.1 Å². The first-order valence-electron chi connectivity index (χ1n) is 5.92. The van der Waals surface area contributed by atoms with Crippen LogP contribution in [-0.2, 0) is 15.6 Å². The van der Waals surface area contributed by atoms with E-state index in [9.17, 15) is 9.00 Å². The van der Waals surface area contributed by atoms with Crippen molar-refractivity contribution in [2.75, 3.05) is 18.6 Å². The van der Waals surface area contributed by atoms with Gasteiger partial charge in [-0.2, -0.15) is 0 Å². The van der Waals surface area contributed by atoms with Gasteiger partial charge in [0.15, 0.2) is 0 Å². The fraction of sp³-hybridized carbons (Fsp3) is 0.909. The quantitative estimate of drug-likeness (QED) is 0.695. The Morgan fingerprint density at radius 2 is 2.00 bits per heavy atom. The number of hydrogen-bond donors (Lipinski definition) is 2. The van der Waals surface area contributed by atoms with Crippen molar-refractivity contribution in [1.82, 2.24) is 5.32 Å². The average molecular weight is 246 g/mol. The third-order valence-electron chi connectivity index (χ3n) is 3.09. The van der Waals surface area contributed by atoms with E-state index in [1.54, 1.807) is 6.26 Å². The maximum Gasteiger partial charge on any atom is 0.240 e. The summed E-state index contributed by atoms with van der Waals surface area (Å²) in [6.07, 6.45) is 7.28. The third kappa shape index (κ3) is 4.22. The summed E-state index contributed by atoms with van der Waals surface area (Å²) in [5.41, 5.74) is 5.42. The lowest BCUT2D eigenvalue weighted by molar-refractivity contribution is -0.127. The van der Waals surface area contributed by atoms with E-state index in [1.165, 1.54) is 6.42 Å². The highest BCUT2D eigenvalue weighted by Crippen LogP contribution is 2.25. The molecule has 1 atom stereocenters. The molecule has 0 radical (unpaired) electrons. The van der Waals surface area contributed by atoms with Gasteiger partial charge in [0.25, 0.3) is 0 Å². The summed E-state index contributed by atoms with van der Waals surface area (Å²) in [5.74, 6) is 0.604. The second-order valence-electron chi connectivity index (χ2n) is 4.60. The molecule has 0 saturated heterocycles. The molecular formula is C11H22N2O2S. The van der Waals surface area contributed by atoms with E-state index in [-0.39, 0.29) is 5.91 Å². The summed E-state index contributed by atoms with van der Waals surface area (Å²) < 4.78 is 10.8. The van der Waals surface area contributed by atoms with Crippen LogP contribution >= 0.6 is 0 Å². The summed E-state index contributed by atoms with van der Waals surface area (Å²) in [6.45, 7) is 0.581. The predicted octanol–water partition coefficient (Wildman–Crippen LogP) is 0.533. The molecule has 94 valence electrons. The maximum atomic E-state index is 11.9. The van der Waals surface area contributed by atoms with Gasteiger partial charge in [-0.3, -0.25) is 9.00 Å². The van der Waals surface area contributed by atoms with Crippen LogP contribution in [0.2, 0.25) is 0 Å². The minimum Gasteiger partial charge on any atom is -0.354 e. The second kappa shape index (κ2) is 6.35. The Bertz CT molecular complexity index is 263. The molecule has 0 aliphatic heterocycles. The predicted molar refractivity (Wildman–Crippen MR) is 66.6 cm³/mol. The van der Waals surface area contributed by atoms with Gasteiger partial charge in [-0.15, -0.1) is 0 Å². The highest BCUT2D eigenvalue weighted by Gasteiger charge is 2.34. The van der Waals surface area contributed by atoms with Gasteiger partial charge in [0.2, 0.25) is 5.91 Å². The first-order valence-corrected chi connectivity index (χ1v) is 7.64. The van der Waals surface area contributed by atoms with Crippen molar-refractivity contribution in [2.24, 2.45) is 5.73 Å². The topological polar surface area (TPSA) is 72.2 Å². The van der Waals surface area contributed by atoms with Crippen molar-refractivity contribution in [3.05, 3.63) is 0 Å². The third-order valence-corrected chi connectivity index (χ3v) is 3.96. The van der Waals surface area contributed by atoms with Crippen LogP contribution in [-0.4, -0.2) is 34.2 Å². The summed E-state index contributed by atoms with van der Waals surface area (Å²) in [5, 5.41) is 2.85. The molecule has 16 heavy (non-hydrogen) atoms. The van der Waals surface area contributed by atoms with E-state index in [0.717, 1.165) is 32.1 Å². The van der Waals surface area contributed by atoms with Gasteiger partial charge in [-0.05, 0) is 19.3 Å². The van der Waals surface area contributed by atoms with E-state index >= 15 is 0 Å². The van der Waals surface area contributed by atoms with Gasteiger partial charge in [-0.25, -0.2) is 0 Å². The van der Waals surface area contributed by atoms with Gasteiger partial charge in [-0.1, -0.05) is 19.3 Å². The highest BCUT2D eigenvalue weighted by atomic mass is 32.2. The number of amides is 1. The van der Waals surface area contributed by atoms with E-state index in [1.807, 2.05) is 0 Å². The Morgan fingerprint density at radius 1 is 1.38 bits per heavy atom. The van der Waals surface area contributed by atoms with E-state index < -0.39 is 16.3 Å². The van der Waals surface area contributed by atoms with Crippen molar-refractivity contribution in [2.45, 2.75) is 44.1 Å². The van der Waals surface area contributed by atoms with Crippen LogP contribution in [0.4, 0.5) is 0 Å². The van der Waals surface area contributed by atoms with E-state index in [4.69, 9.17) is 5.73 Å². The zero-order valence-electron chi connectivity index (χ0n) is 9.96. The maximum absolute atomic E-state index is 11.9. The van der Waals surface area contributed by atoms with Crippen molar-refractivity contribution in [1.29, 1.82) is 0 Å². The summed E-state index contributed by atoms with van der Waals surface area (Å²) in [7, 11) is -0.778. The normalized spacial score (nSPS) is 21.4. The lowest BCUT2D eigenvalue weighted by atomic mass is 9.82. The first-order chi connectivity index (χ1) is 7.54. The zero-order chi connectivity index (χ0) is 12.0. The molecule has 1 aliphatic carbocycles. The van der Waals surface area contributed by atoms with Gasteiger partial charge >= 0.3 is 0 Å². The molecule has 1 saturated carbocycles. The fourth-order valence-electron chi connectivity index (χ4n) is 2.06. The lowest BCUT2D eigenvalue weighted by Gasteiger charge is -2.31. The molecule has 0 bridgehead atoms. The van der Waals surface area contributed by atoms with Crippen molar-refractivity contribution in [3.63, 3.8) is 0 Å². The number of carbonyl (C=O) groups is 1. The molecule has 4 nitrogen and oxygen atoms in total. The van der Waals surface area contributed by atoms with Crippen molar-refractivity contribution in [3.8, 4) is 0 Å². The summed E-state index contributed by atoms with van der Waals surface area (Å²) >= 11 is 0. The minimum absolute atomic E-state index is 0.0333. The van der Waals surface area contributed by atoms with E-state index in [2.05, 4.69) is 5.32 Å². The van der Waals surface area contributed by atoms with Crippen LogP contribution in [0.1, 0.15) is 38.5 Å². The molecule has 0 spiro atoms. The Hall–Kier alpha value is -0.420. The number of carbonyl (C=O) groups excluding carboxylic acids is 1. The Morgan fingerprint density at radius 3 is 2.56 bits per heavy atom. The smallest absolute Gasteiger partial charge is 0.240 e. The molecule has 0 aromatic carbocycles. The largest absolute Gasteiger partial charge is 0.354 e. The average Bonchev–Trinajstić information content (AvgIpc) is 2.25. The molecule has 0 aromatic rings. The van der Waals surface area contributed by atoms with Crippen LogP contribution in [0.5, 0.6) is 0 Å². The van der Waals surface area contributed by atoms with Gasteiger partial charge in [0.05, 0.1) is 5.54 Å². The Balaban J connectivity index is 2.25. The van der Waals surface area contributed by atoms with Gasteiger partial charge < -0.3 is 11.1 Å². The molecule has 1 rings (SSSR count). The van der Waals surface area contributed by atoms with Crippen LogP contribution in [0, 0.1) is 0 Å². The van der Waals surface area contributed by atoms with Crippen molar-refractivity contribution < 1.29 is 9.00 Å². The van der Waals surface area contributed by atoms with Crippen molar-refractivity contribution >= 4 is 16.7 Å². The highest BCUT2D eigenvalue weighted by molar-refractivity contribution is 7.84. The SMILES string of the molecule is CS(=O)CCCNC(=O)C1(N)CCCCC1. The molecule has 1 unspecified atom stereocenters. The molecule has 0 heterocycles.